The Hall–Kier alpha value is -2.30. The fraction of sp³-hybridized carbons (Fsp3) is 0.474. The second-order valence-corrected chi connectivity index (χ2v) is 6.40. The highest BCUT2D eigenvalue weighted by molar-refractivity contribution is 5.73. The lowest BCUT2D eigenvalue weighted by molar-refractivity contribution is -0.143. The van der Waals surface area contributed by atoms with Gasteiger partial charge in [-0.3, -0.25) is 4.79 Å². The highest BCUT2D eigenvalue weighted by atomic mass is 16.5. The first-order valence-electron chi connectivity index (χ1n) is 8.59. The molecule has 0 aliphatic heterocycles. The molecule has 128 valence electrons. The average Bonchev–Trinajstić information content (AvgIpc) is 3.22. The van der Waals surface area contributed by atoms with Crippen molar-refractivity contribution in [1.29, 1.82) is 0 Å². The Morgan fingerprint density at radius 1 is 1.38 bits per heavy atom. The van der Waals surface area contributed by atoms with Crippen LogP contribution in [0.25, 0.3) is 0 Å². The Balaban J connectivity index is 1.56. The lowest BCUT2D eigenvalue weighted by Gasteiger charge is -2.14. The molecule has 0 radical (unpaired) electrons. The SMILES string of the molecule is Cc1nccn1CCOC(=O)Cc1cccc(C2CCCC2)c1O. The number of imidazole rings is 1. The Bertz CT molecular complexity index is 702. The van der Waals surface area contributed by atoms with Crippen molar-refractivity contribution in [3.63, 3.8) is 0 Å². The molecule has 5 heteroatoms. The molecule has 5 nitrogen and oxygen atoms in total. The molecular weight excluding hydrogens is 304 g/mol. The molecule has 1 heterocycles. The summed E-state index contributed by atoms with van der Waals surface area (Å²) in [4.78, 5) is 16.2. The smallest absolute Gasteiger partial charge is 0.310 e. The third kappa shape index (κ3) is 3.78. The number of benzene rings is 1. The van der Waals surface area contributed by atoms with E-state index in [2.05, 4.69) is 4.98 Å². The van der Waals surface area contributed by atoms with Crippen molar-refractivity contribution in [1.82, 2.24) is 9.55 Å². The van der Waals surface area contributed by atoms with Crippen LogP contribution in [0.2, 0.25) is 0 Å². The summed E-state index contributed by atoms with van der Waals surface area (Å²) in [6.07, 6.45) is 8.35. The second-order valence-electron chi connectivity index (χ2n) is 6.40. The Morgan fingerprint density at radius 2 is 2.17 bits per heavy atom. The van der Waals surface area contributed by atoms with Gasteiger partial charge in [-0.25, -0.2) is 4.98 Å². The normalized spacial score (nSPS) is 14.9. The number of aromatic nitrogens is 2. The maximum atomic E-state index is 12.1. The standard InChI is InChI=1S/C19H24N2O3/c1-14-20-9-10-21(14)11-12-24-18(22)13-16-7-4-8-17(19(16)23)15-5-2-3-6-15/h4,7-10,15,23H,2-3,5-6,11-13H2,1H3. The number of phenolic OH excluding ortho intramolecular Hbond substituents is 1. The largest absolute Gasteiger partial charge is 0.507 e. The van der Waals surface area contributed by atoms with Crippen molar-refractivity contribution >= 4 is 5.97 Å². The number of para-hydroxylation sites is 1. The van der Waals surface area contributed by atoms with Crippen molar-refractivity contribution < 1.29 is 14.6 Å². The van der Waals surface area contributed by atoms with Crippen molar-refractivity contribution in [3.8, 4) is 5.75 Å². The first kappa shape index (κ1) is 16.6. The number of carbonyl (C=O) groups is 1. The van der Waals surface area contributed by atoms with Gasteiger partial charge < -0.3 is 14.4 Å². The molecule has 0 saturated heterocycles. The third-order valence-electron chi connectivity index (χ3n) is 4.80. The molecule has 1 N–H and O–H groups in total. The number of rotatable bonds is 6. The van der Waals surface area contributed by atoms with E-state index in [1.54, 1.807) is 12.3 Å². The molecule has 24 heavy (non-hydrogen) atoms. The molecule has 0 spiro atoms. The van der Waals surface area contributed by atoms with Crippen molar-refractivity contribution in [2.45, 2.75) is 51.5 Å². The minimum Gasteiger partial charge on any atom is -0.507 e. The van der Waals surface area contributed by atoms with Gasteiger partial charge in [0, 0.05) is 18.0 Å². The van der Waals surface area contributed by atoms with Crippen LogP contribution < -0.4 is 0 Å². The van der Waals surface area contributed by atoms with E-state index in [1.165, 1.54) is 12.8 Å². The van der Waals surface area contributed by atoms with Gasteiger partial charge in [0.05, 0.1) is 13.0 Å². The van der Waals surface area contributed by atoms with Crippen LogP contribution in [0.5, 0.6) is 5.75 Å². The summed E-state index contributed by atoms with van der Waals surface area (Å²) >= 11 is 0. The molecule has 0 atom stereocenters. The number of aryl methyl sites for hydroxylation is 1. The highest BCUT2D eigenvalue weighted by Crippen LogP contribution is 2.39. The number of ether oxygens (including phenoxy) is 1. The van der Waals surface area contributed by atoms with Gasteiger partial charge in [0.25, 0.3) is 0 Å². The van der Waals surface area contributed by atoms with Gasteiger partial charge in [-0.2, -0.15) is 0 Å². The molecule has 2 aromatic rings. The number of nitrogens with zero attached hydrogens (tertiary/aromatic N) is 2. The number of hydrogen-bond donors (Lipinski definition) is 1. The zero-order valence-corrected chi connectivity index (χ0v) is 14.1. The second kappa shape index (κ2) is 7.51. The lowest BCUT2D eigenvalue weighted by atomic mass is 9.94. The van der Waals surface area contributed by atoms with E-state index < -0.39 is 0 Å². The van der Waals surface area contributed by atoms with Crippen LogP contribution in [0.15, 0.2) is 30.6 Å². The van der Waals surface area contributed by atoms with Gasteiger partial charge in [0.15, 0.2) is 0 Å². The number of carbonyl (C=O) groups excluding carboxylic acids is 1. The predicted octanol–water partition coefficient (Wildman–Crippen LogP) is 3.34. The quantitative estimate of drug-likeness (QED) is 0.826. The van der Waals surface area contributed by atoms with Crippen LogP contribution >= 0.6 is 0 Å². The van der Waals surface area contributed by atoms with Gasteiger partial charge in [-0.05, 0) is 31.2 Å². The van der Waals surface area contributed by atoms with E-state index in [0.717, 1.165) is 24.2 Å². The fourth-order valence-electron chi connectivity index (χ4n) is 3.42. The zero-order valence-electron chi connectivity index (χ0n) is 14.1. The van der Waals surface area contributed by atoms with E-state index in [-0.39, 0.29) is 18.1 Å². The number of esters is 1. The maximum absolute atomic E-state index is 12.1. The van der Waals surface area contributed by atoms with Gasteiger partial charge in [0.2, 0.25) is 0 Å². The van der Waals surface area contributed by atoms with Gasteiger partial charge in [0.1, 0.15) is 18.2 Å². The monoisotopic (exact) mass is 328 g/mol. The number of phenols is 1. The molecule has 1 aromatic heterocycles. The highest BCUT2D eigenvalue weighted by Gasteiger charge is 2.22. The molecule has 1 aliphatic carbocycles. The molecule has 1 aliphatic rings. The molecule has 0 bridgehead atoms. The maximum Gasteiger partial charge on any atom is 0.310 e. The summed E-state index contributed by atoms with van der Waals surface area (Å²) in [5.74, 6) is 1.27. The molecule has 0 unspecified atom stereocenters. The van der Waals surface area contributed by atoms with Crippen LogP contribution in [0, 0.1) is 6.92 Å². The van der Waals surface area contributed by atoms with E-state index in [1.807, 2.05) is 29.8 Å². The van der Waals surface area contributed by atoms with Crippen LogP contribution in [0.4, 0.5) is 0 Å². The molecule has 1 aromatic carbocycles. The third-order valence-corrected chi connectivity index (χ3v) is 4.80. The lowest BCUT2D eigenvalue weighted by Crippen LogP contribution is -2.14. The topological polar surface area (TPSA) is 64.4 Å². The van der Waals surface area contributed by atoms with Crippen LogP contribution in [0.3, 0.4) is 0 Å². The van der Waals surface area contributed by atoms with Crippen molar-refractivity contribution in [2.24, 2.45) is 0 Å². The summed E-state index contributed by atoms with van der Waals surface area (Å²) < 4.78 is 7.23. The van der Waals surface area contributed by atoms with Gasteiger partial charge in [-0.15, -0.1) is 0 Å². The molecule has 1 saturated carbocycles. The summed E-state index contributed by atoms with van der Waals surface area (Å²) in [7, 11) is 0. The van der Waals surface area contributed by atoms with Crippen LogP contribution in [-0.2, 0) is 22.5 Å². The summed E-state index contributed by atoms with van der Waals surface area (Å²) in [6, 6.07) is 5.70. The minimum atomic E-state index is -0.313. The van der Waals surface area contributed by atoms with E-state index in [9.17, 15) is 9.90 Å². The minimum absolute atomic E-state index is 0.106. The molecule has 0 amide bonds. The predicted molar refractivity (Wildman–Crippen MR) is 90.9 cm³/mol. The molecule has 1 fully saturated rings. The average molecular weight is 328 g/mol. The zero-order chi connectivity index (χ0) is 16.9. The summed E-state index contributed by atoms with van der Waals surface area (Å²) in [5.41, 5.74) is 1.63. The fourth-order valence-corrected chi connectivity index (χ4v) is 3.42. The summed E-state index contributed by atoms with van der Waals surface area (Å²) in [6.45, 7) is 2.80. The Kier molecular flexibility index (Phi) is 5.18. The Morgan fingerprint density at radius 3 is 2.88 bits per heavy atom. The van der Waals surface area contributed by atoms with Crippen molar-refractivity contribution in [3.05, 3.63) is 47.5 Å². The summed E-state index contributed by atoms with van der Waals surface area (Å²) in [5, 5.41) is 10.5. The van der Waals surface area contributed by atoms with Gasteiger partial charge >= 0.3 is 5.97 Å². The van der Waals surface area contributed by atoms with E-state index in [4.69, 9.17) is 4.74 Å². The first-order chi connectivity index (χ1) is 11.6. The first-order valence-corrected chi connectivity index (χ1v) is 8.59. The molecular formula is C19H24N2O3. The van der Waals surface area contributed by atoms with E-state index in [0.29, 0.717) is 24.6 Å². The Labute approximate surface area is 142 Å². The van der Waals surface area contributed by atoms with Gasteiger partial charge in [-0.1, -0.05) is 31.0 Å². The number of aromatic hydroxyl groups is 1. The van der Waals surface area contributed by atoms with Crippen LogP contribution in [0.1, 0.15) is 48.6 Å². The van der Waals surface area contributed by atoms with Crippen LogP contribution in [-0.4, -0.2) is 27.2 Å². The number of hydrogen-bond acceptors (Lipinski definition) is 4. The van der Waals surface area contributed by atoms with Crippen molar-refractivity contribution in [2.75, 3.05) is 6.61 Å². The van der Waals surface area contributed by atoms with E-state index >= 15 is 0 Å². The molecule has 3 rings (SSSR count).